The number of carboxylic acid groups (broad SMARTS) is 2. The van der Waals surface area contributed by atoms with Crippen molar-refractivity contribution >= 4 is 11.9 Å². The maximum Gasteiger partial charge on any atom is 0.335 e. The predicted molar refractivity (Wildman–Crippen MR) is 76.7 cm³/mol. The van der Waals surface area contributed by atoms with Crippen molar-refractivity contribution in [1.82, 2.24) is 0 Å². The third kappa shape index (κ3) is 3.30. The zero-order valence-electron chi connectivity index (χ0n) is 11.4. The standard InChI is InChI=1S/C16H14O6/c17-13(9-3-1-5-11(7-9)15(19)20)14(18)10-4-2-6-12(8-10)16(21)22/h1-8,13-14,17-18H,(H,19,20)(H,21,22)/t13-,14?/m0/s1. The highest BCUT2D eigenvalue weighted by Gasteiger charge is 2.22. The highest BCUT2D eigenvalue weighted by atomic mass is 16.4. The van der Waals surface area contributed by atoms with Gasteiger partial charge in [0, 0.05) is 0 Å². The molecule has 0 saturated heterocycles. The maximum absolute atomic E-state index is 10.9. The number of aliphatic hydroxyl groups excluding tert-OH is 2. The number of hydrogen-bond donors (Lipinski definition) is 4. The Bertz CT molecular complexity index is 648. The molecule has 6 heteroatoms. The molecule has 0 radical (unpaired) electrons. The third-order valence-electron chi connectivity index (χ3n) is 3.25. The Morgan fingerprint density at radius 3 is 1.41 bits per heavy atom. The summed E-state index contributed by atoms with van der Waals surface area (Å²) in [6.07, 6.45) is -2.74. The molecule has 114 valence electrons. The molecule has 0 fully saturated rings. The zero-order valence-corrected chi connectivity index (χ0v) is 11.4. The molecule has 0 amide bonds. The molecule has 2 aromatic carbocycles. The maximum atomic E-state index is 10.9. The smallest absolute Gasteiger partial charge is 0.335 e. The summed E-state index contributed by atoms with van der Waals surface area (Å²) in [6.45, 7) is 0. The van der Waals surface area contributed by atoms with Crippen molar-refractivity contribution in [3.05, 3.63) is 70.8 Å². The van der Waals surface area contributed by atoms with Crippen LogP contribution < -0.4 is 0 Å². The van der Waals surface area contributed by atoms with Crippen LogP contribution in [-0.2, 0) is 0 Å². The number of benzene rings is 2. The fraction of sp³-hybridized carbons (Fsp3) is 0.125. The van der Waals surface area contributed by atoms with E-state index in [0.717, 1.165) is 0 Å². The number of hydrogen-bond acceptors (Lipinski definition) is 4. The molecule has 2 atom stereocenters. The highest BCUT2D eigenvalue weighted by Crippen LogP contribution is 2.29. The second kappa shape index (κ2) is 6.38. The number of carbonyl (C=O) groups is 2. The van der Waals surface area contributed by atoms with Crippen LogP contribution in [0.5, 0.6) is 0 Å². The van der Waals surface area contributed by atoms with E-state index in [1.807, 2.05) is 0 Å². The van der Waals surface area contributed by atoms with E-state index in [2.05, 4.69) is 0 Å². The van der Waals surface area contributed by atoms with E-state index in [9.17, 15) is 19.8 Å². The van der Waals surface area contributed by atoms with E-state index in [0.29, 0.717) is 0 Å². The van der Waals surface area contributed by atoms with Crippen LogP contribution in [0.25, 0.3) is 0 Å². The lowest BCUT2D eigenvalue weighted by atomic mass is 9.96. The first-order valence-electron chi connectivity index (χ1n) is 6.43. The summed E-state index contributed by atoms with van der Waals surface area (Å²) in [5, 5.41) is 38.2. The molecule has 6 nitrogen and oxygen atoms in total. The number of aliphatic hydroxyl groups is 2. The molecular weight excluding hydrogens is 288 g/mol. The van der Waals surface area contributed by atoms with Crippen molar-refractivity contribution in [3.63, 3.8) is 0 Å². The Kier molecular flexibility index (Phi) is 4.55. The van der Waals surface area contributed by atoms with Crippen molar-refractivity contribution in [2.45, 2.75) is 12.2 Å². The minimum atomic E-state index is -1.37. The molecule has 0 heterocycles. The molecule has 0 aliphatic rings. The van der Waals surface area contributed by atoms with Crippen molar-refractivity contribution in [2.75, 3.05) is 0 Å². The van der Waals surface area contributed by atoms with Crippen LogP contribution in [0.2, 0.25) is 0 Å². The van der Waals surface area contributed by atoms with Gasteiger partial charge in [-0.25, -0.2) is 9.59 Å². The Balaban J connectivity index is 2.30. The summed E-state index contributed by atoms with van der Waals surface area (Å²) < 4.78 is 0. The molecule has 0 aliphatic carbocycles. The normalized spacial score (nSPS) is 13.4. The first kappa shape index (κ1) is 15.7. The lowest BCUT2D eigenvalue weighted by molar-refractivity contribution is 0.0171. The quantitative estimate of drug-likeness (QED) is 0.670. The first-order valence-corrected chi connectivity index (χ1v) is 6.43. The van der Waals surface area contributed by atoms with Gasteiger partial charge < -0.3 is 20.4 Å². The number of carboxylic acids is 2. The van der Waals surface area contributed by atoms with Gasteiger partial charge in [0.15, 0.2) is 0 Å². The van der Waals surface area contributed by atoms with E-state index >= 15 is 0 Å². The largest absolute Gasteiger partial charge is 0.478 e. The van der Waals surface area contributed by atoms with Gasteiger partial charge in [-0.2, -0.15) is 0 Å². The fourth-order valence-electron chi connectivity index (χ4n) is 2.08. The SMILES string of the molecule is O=C(O)c1cccc(C(O)[C@@H](O)c2cccc(C(=O)O)c2)c1. The topological polar surface area (TPSA) is 115 Å². The monoisotopic (exact) mass is 302 g/mol. The molecule has 2 aromatic rings. The van der Waals surface area contributed by atoms with E-state index in [1.165, 1.54) is 48.5 Å². The zero-order chi connectivity index (χ0) is 16.3. The van der Waals surface area contributed by atoms with E-state index in [4.69, 9.17) is 10.2 Å². The van der Waals surface area contributed by atoms with E-state index < -0.39 is 24.1 Å². The van der Waals surface area contributed by atoms with E-state index in [1.54, 1.807) is 0 Å². The van der Waals surface area contributed by atoms with Gasteiger partial charge in [0.25, 0.3) is 0 Å². The van der Waals surface area contributed by atoms with Crippen LogP contribution in [0.15, 0.2) is 48.5 Å². The summed E-state index contributed by atoms with van der Waals surface area (Å²) >= 11 is 0. The molecule has 0 aromatic heterocycles. The van der Waals surface area contributed by atoms with Gasteiger partial charge in [-0.3, -0.25) is 0 Å². The van der Waals surface area contributed by atoms with Crippen molar-refractivity contribution < 1.29 is 30.0 Å². The summed E-state index contributed by atoms with van der Waals surface area (Å²) in [5.41, 5.74) is 0.437. The van der Waals surface area contributed by atoms with Crippen LogP contribution in [0.4, 0.5) is 0 Å². The minimum Gasteiger partial charge on any atom is -0.478 e. The Labute approximate surface area is 125 Å². The first-order chi connectivity index (χ1) is 10.4. The molecule has 4 N–H and O–H groups in total. The van der Waals surface area contributed by atoms with Crippen LogP contribution in [0.3, 0.4) is 0 Å². The molecular formula is C16H14O6. The van der Waals surface area contributed by atoms with Gasteiger partial charge in [-0.1, -0.05) is 24.3 Å². The van der Waals surface area contributed by atoms with Crippen LogP contribution in [-0.4, -0.2) is 32.4 Å². The lowest BCUT2D eigenvalue weighted by Gasteiger charge is -2.19. The van der Waals surface area contributed by atoms with Crippen LogP contribution >= 0.6 is 0 Å². The second-order valence-electron chi connectivity index (χ2n) is 4.75. The Morgan fingerprint density at radius 1 is 0.727 bits per heavy atom. The number of rotatable bonds is 5. The molecule has 0 spiro atoms. The minimum absolute atomic E-state index is 0.0111. The molecule has 0 aliphatic heterocycles. The average molecular weight is 302 g/mol. The Hall–Kier alpha value is -2.70. The molecule has 0 saturated carbocycles. The van der Waals surface area contributed by atoms with Gasteiger partial charge in [-0.05, 0) is 35.4 Å². The predicted octanol–water partition coefficient (Wildman–Crippen LogP) is 1.85. The van der Waals surface area contributed by atoms with Crippen LogP contribution in [0.1, 0.15) is 44.1 Å². The molecule has 1 unspecified atom stereocenters. The highest BCUT2D eigenvalue weighted by molar-refractivity contribution is 5.88. The Morgan fingerprint density at radius 2 is 1.09 bits per heavy atom. The summed E-state index contributed by atoms with van der Waals surface area (Å²) in [7, 11) is 0. The lowest BCUT2D eigenvalue weighted by Crippen LogP contribution is -2.12. The van der Waals surface area contributed by atoms with Crippen molar-refractivity contribution in [2.24, 2.45) is 0 Å². The van der Waals surface area contributed by atoms with Gasteiger partial charge in [0.1, 0.15) is 12.2 Å². The number of aromatic carboxylic acids is 2. The molecule has 0 bridgehead atoms. The van der Waals surface area contributed by atoms with Gasteiger partial charge in [-0.15, -0.1) is 0 Å². The molecule has 22 heavy (non-hydrogen) atoms. The summed E-state index contributed by atoms with van der Waals surface area (Å²) in [6, 6.07) is 11.2. The summed E-state index contributed by atoms with van der Waals surface area (Å²) in [5.74, 6) is -2.28. The van der Waals surface area contributed by atoms with Crippen molar-refractivity contribution in [3.8, 4) is 0 Å². The second-order valence-corrected chi connectivity index (χ2v) is 4.75. The van der Waals surface area contributed by atoms with Crippen LogP contribution in [0, 0.1) is 0 Å². The van der Waals surface area contributed by atoms with Crippen molar-refractivity contribution in [1.29, 1.82) is 0 Å². The average Bonchev–Trinajstić information content (AvgIpc) is 2.53. The fourth-order valence-corrected chi connectivity index (χ4v) is 2.08. The molecule has 2 rings (SSSR count). The van der Waals surface area contributed by atoms with Gasteiger partial charge in [0.2, 0.25) is 0 Å². The van der Waals surface area contributed by atoms with Gasteiger partial charge >= 0.3 is 11.9 Å². The summed E-state index contributed by atoms with van der Waals surface area (Å²) in [4.78, 5) is 21.9. The van der Waals surface area contributed by atoms with E-state index in [-0.39, 0.29) is 22.3 Å². The third-order valence-corrected chi connectivity index (χ3v) is 3.25. The van der Waals surface area contributed by atoms with Gasteiger partial charge in [0.05, 0.1) is 11.1 Å².